The lowest BCUT2D eigenvalue weighted by Gasteiger charge is -2.44. The summed E-state index contributed by atoms with van der Waals surface area (Å²) in [7, 11) is 1.70. The molecule has 1 aliphatic heterocycles. The molecular weight excluding hydrogens is 440 g/mol. The zero-order valence-electron chi connectivity index (χ0n) is 20.9. The quantitative estimate of drug-likeness (QED) is 0.475. The van der Waals surface area contributed by atoms with Gasteiger partial charge in [-0.1, -0.05) is 36.4 Å². The molecule has 6 heteroatoms. The predicted molar refractivity (Wildman–Crippen MR) is 137 cm³/mol. The first-order chi connectivity index (χ1) is 17.0. The van der Waals surface area contributed by atoms with Crippen molar-refractivity contribution in [2.75, 3.05) is 26.8 Å². The zero-order chi connectivity index (χ0) is 24.7. The average molecular weight is 481 g/mol. The lowest BCUT2D eigenvalue weighted by atomic mass is 9.73. The molecule has 0 radical (unpaired) electrons. The van der Waals surface area contributed by atoms with Crippen molar-refractivity contribution in [3.05, 3.63) is 60.2 Å². The monoisotopic (exact) mass is 480 g/mol. The van der Waals surface area contributed by atoms with Crippen LogP contribution in [-0.4, -0.2) is 48.8 Å². The van der Waals surface area contributed by atoms with Crippen LogP contribution in [0.1, 0.15) is 56.9 Å². The summed E-state index contributed by atoms with van der Waals surface area (Å²) < 4.78 is 11.5. The van der Waals surface area contributed by atoms with E-state index >= 15 is 0 Å². The minimum absolute atomic E-state index is 0.0206. The van der Waals surface area contributed by atoms with Crippen molar-refractivity contribution in [1.82, 2.24) is 4.90 Å². The number of carbonyl (C=O) groups excluding carboxylic acids is 1. The standard InChI is InChI=1S/C29H40N2O4/c1-34-19-8-7-17-29(33,26-13-5-6-14-27(26)35-25-11-3-2-4-12-25)23-10-9-18-31(21-23)28(32)22-15-16-24(30)20-22/h2-6,11-14,22-24,33H,7-10,15-21,30H2,1H3/t22-,23?,24-,29+/m1/s1. The largest absolute Gasteiger partial charge is 0.457 e. The van der Waals surface area contributed by atoms with Crippen LogP contribution in [0.2, 0.25) is 0 Å². The Morgan fingerprint density at radius 2 is 1.86 bits per heavy atom. The third kappa shape index (κ3) is 6.24. The summed E-state index contributed by atoms with van der Waals surface area (Å²) in [6.07, 6.45) is 6.60. The van der Waals surface area contributed by atoms with E-state index in [2.05, 4.69) is 0 Å². The first kappa shape index (κ1) is 25.7. The van der Waals surface area contributed by atoms with Gasteiger partial charge in [0.15, 0.2) is 0 Å². The summed E-state index contributed by atoms with van der Waals surface area (Å²) >= 11 is 0. The Hall–Kier alpha value is -2.41. The summed E-state index contributed by atoms with van der Waals surface area (Å²) in [6, 6.07) is 17.6. The van der Waals surface area contributed by atoms with Crippen LogP contribution in [0, 0.1) is 11.8 Å². The highest BCUT2D eigenvalue weighted by molar-refractivity contribution is 5.79. The van der Waals surface area contributed by atoms with Crippen LogP contribution in [0.3, 0.4) is 0 Å². The average Bonchev–Trinajstić information content (AvgIpc) is 3.33. The fourth-order valence-corrected chi connectivity index (χ4v) is 5.79. The van der Waals surface area contributed by atoms with Gasteiger partial charge in [0, 0.05) is 50.2 Å². The topological polar surface area (TPSA) is 85.0 Å². The second-order valence-corrected chi connectivity index (χ2v) is 10.2. The lowest BCUT2D eigenvalue weighted by molar-refractivity contribution is -0.141. The van der Waals surface area contributed by atoms with Crippen molar-refractivity contribution in [3.63, 3.8) is 0 Å². The number of amides is 1. The minimum atomic E-state index is -1.11. The molecule has 0 aromatic heterocycles. The molecule has 2 aliphatic rings. The van der Waals surface area contributed by atoms with Gasteiger partial charge in [-0.15, -0.1) is 0 Å². The van der Waals surface area contributed by atoms with Gasteiger partial charge in [0.2, 0.25) is 5.91 Å². The van der Waals surface area contributed by atoms with E-state index in [9.17, 15) is 9.90 Å². The summed E-state index contributed by atoms with van der Waals surface area (Å²) in [5.74, 6) is 1.56. The number of hydrogen-bond donors (Lipinski definition) is 2. The molecule has 3 N–H and O–H groups in total. The van der Waals surface area contributed by atoms with Gasteiger partial charge in [0.25, 0.3) is 0 Å². The number of ether oxygens (including phenoxy) is 2. The number of carbonyl (C=O) groups is 1. The van der Waals surface area contributed by atoms with Crippen LogP contribution >= 0.6 is 0 Å². The number of nitrogens with zero attached hydrogens (tertiary/aromatic N) is 1. The molecule has 2 aromatic rings. The number of unbranched alkanes of at least 4 members (excludes halogenated alkanes) is 1. The molecule has 1 heterocycles. The van der Waals surface area contributed by atoms with Crippen LogP contribution < -0.4 is 10.5 Å². The summed E-state index contributed by atoms with van der Waals surface area (Å²) in [5.41, 5.74) is 5.78. The highest BCUT2D eigenvalue weighted by Crippen LogP contribution is 2.44. The number of hydrogen-bond acceptors (Lipinski definition) is 5. The Labute approximate surface area is 209 Å². The summed E-state index contributed by atoms with van der Waals surface area (Å²) in [6.45, 7) is 1.98. The van der Waals surface area contributed by atoms with Crippen LogP contribution in [0.25, 0.3) is 0 Å². The van der Waals surface area contributed by atoms with Crippen LogP contribution in [-0.2, 0) is 15.1 Å². The van der Waals surface area contributed by atoms with E-state index in [1.807, 2.05) is 59.5 Å². The van der Waals surface area contributed by atoms with Crippen LogP contribution in [0.5, 0.6) is 11.5 Å². The number of rotatable bonds is 10. The minimum Gasteiger partial charge on any atom is -0.457 e. The molecule has 4 rings (SSSR count). The van der Waals surface area contributed by atoms with Crippen molar-refractivity contribution in [1.29, 1.82) is 0 Å². The van der Waals surface area contributed by atoms with E-state index < -0.39 is 5.60 Å². The van der Waals surface area contributed by atoms with E-state index in [0.29, 0.717) is 25.3 Å². The number of aliphatic hydroxyl groups is 1. The molecule has 6 nitrogen and oxygen atoms in total. The second kappa shape index (κ2) is 12.0. The molecule has 1 saturated carbocycles. The highest BCUT2D eigenvalue weighted by atomic mass is 16.5. The highest BCUT2D eigenvalue weighted by Gasteiger charge is 2.44. The van der Waals surface area contributed by atoms with Crippen molar-refractivity contribution in [2.24, 2.45) is 17.6 Å². The molecule has 2 aromatic carbocycles. The smallest absolute Gasteiger partial charge is 0.225 e. The van der Waals surface area contributed by atoms with Gasteiger partial charge in [-0.2, -0.15) is 0 Å². The van der Waals surface area contributed by atoms with Crippen LogP contribution in [0.15, 0.2) is 54.6 Å². The Balaban J connectivity index is 1.59. The SMILES string of the molecule is COCCCC[C@@](O)(c1ccccc1Oc1ccccc1)C1CCCN(C(=O)[C@@H]2CC[C@@H](N)C2)C1. The van der Waals surface area contributed by atoms with E-state index in [0.717, 1.165) is 62.8 Å². The fourth-order valence-electron chi connectivity index (χ4n) is 5.79. The Kier molecular flexibility index (Phi) is 8.82. The maximum Gasteiger partial charge on any atom is 0.225 e. The lowest BCUT2D eigenvalue weighted by Crippen LogP contribution is -2.49. The fraction of sp³-hybridized carbons (Fsp3) is 0.552. The molecule has 190 valence electrons. The van der Waals surface area contributed by atoms with E-state index in [4.69, 9.17) is 15.2 Å². The van der Waals surface area contributed by atoms with Crippen molar-refractivity contribution in [2.45, 2.75) is 63.0 Å². The zero-order valence-corrected chi connectivity index (χ0v) is 20.9. The second-order valence-electron chi connectivity index (χ2n) is 10.2. The molecule has 0 bridgehead atoms. The first-order valence-corrected chi connectivity index (χ1v) is 13.1. The number of para-hydroxylation sites is 2. The third-order valence-electron chi connectivity index (χ3n) is 7.71. The van der Waals surface area contributed by atoms with Gasteiger partial charge in [0.1, 0.15) is 11.5 Å². The molecule has 1 aliphatic carbocycles. The molecule has 2 fully saturated rings. The van der Waals surface area contributed by atoms with Crippen molar-refractivity contribution < 1.29 is 19.4 Å². The number of nitrogens with two attached hydrogens (primary N) is 1. The van der Waals surface area contributed by atoms with Crippen molar-refractivity contribution >= 4 is 5.91 Å². The molecular formula is C29H40N2O4. The van der Waals surface area contributed by atoms with Gasteiger partial charge in [0.05, 0.1) is 5.60 Å². The van der Waals surface area contributed by atoms with E-state index in [1.165, 1.54) is 0 Å². The number of methoxy groups -OCH3 is 1. The van der Waals surface area contributed by atoms with Crippen molar-refractivity contribution in [3.8, 4) is 11.5 Å². The summed E-state index contributed by atoms with van der Waals surface area (Å²) in [5, 5.41) is 12.4. The van der Waals surface area contributed by atoms with Gasteiger partial charge in [-0.05, 0) is 69.6 Å². The molecule has 1 amide bonds. The summed E-state index contributed by atoms with van der Waals surface area (Å²) in [4.78, 5) is 15.3. The van der Waals surface area contributed by atoms with Gasteiger partial charge < -0.3 is 25.2 Å². The molecule has 35 heavy (non-hydrogen) atoms. The first-order valence-electron chi connectivity index (χ1n) is 13.1. The van der Waals surface area contributed by atoms with Gasteiger partial charge in [-0.3, -0.25) is 4.79 Å². The van der Waals surface area contributed by atoms with E-state index in [-0.39, 0.29) is 23.8 Å². The number of piperidine rings is 1. The van der Waals surface area contributed by atoms with Crippen LogP contribution in [0.4, 0.5) is 0 Å². The number of benzene rings is 2. The van der Waals surface area contributed by atoms with E-state index in [1.54, 1.807) is 7.11 Å². The predicted octanol–water partition coefficient (Wildman–Crippen LogP) is 4.85. The Morgan fingerprint density at radius 3 is 2.60 bits per heavy atom. The number of likely N-dealkylation sites (tertiary alicyclic amines) is 1. The maximum absolute atomic E-state index is 13.3. The molecule has 4 atom stereocenters. The molecule has 1 saturated heterocycles. The normalized spacial score (nSPS) is 24.2. The molecule has 1 unspecified atom stereocenters. The Morgan fingerprint density at radius 1 is 1.09 bits per heavy atom. The third-order valence-corrected chi connectivity index (χ3v) is 7.71. The van der Waals surface area contributed by atoms with Gasteiger partial charge >= 0.3 is 0 Å². The maximum atomic E-state index is 13.3. The Bertz CT molecular complexity index is 953. The molecule has 0 spiro atoms. The van der Waals surface area contributed by atoms with Gasteiger partial charge in [-0.25, -0.2) is 0 Å².